The molecule has 1 aliphatic rings. The van der Waals surface area contributed by atoms with Gasteiger partial charge >= 0.3 is 6.03 Å². The average molecular weight is 384 g/mol. The Morgan fingerprint density at radius 2 is 2.07 bits per heavy atom. The van der Waals surface area contributed by atoms with Crippen LogP contribution in [0.3, 0.4) is 0 Å². The van der Waals surface area contributed by atoms with Crippen LogP contribution >= 0.6 is 0 Å². The van der Waals surface area contributed by atoms with Crippen LogP contribution in [0.15, 0.2) is 30.5 Å². The highest BCUT2D eigenvalue weighted by Crippen LogP contribution is 2.39. The van der Waals surface area contributed by atoms with E-state index in [4.69, 9.17) is 5.73 Å². The molecule has 1 aromatic carbocycles. The lowest BCUT2D eigenvalue weighted by molar-refractivity contribution is -0.117. The first-order valence-corrected chi connectivity index (χ1v) is 9.16. The van der Waals surface area contributed by atoms with Crippen molar-refractivity contribution in [3.63, 3.8) is 0 Å². The average Bonchev–Trinajstić information content (AvgIpc) is 3.04. The lowest BCUT2D eigenvalue weighted by Crippen LogP contribution is -2.52. The number of carbonyl (C=O) groups is 3. The minimum Gasteiger partial charge on any atom is -0.370 e. The molecular weight excluding hydrogens is 360 g/mol. The number of nitrogens with one attached hydrogen (secondary N) is 4. The Hall–Kier alpha value is -3.36. The maximum Gasteiger partial charge on any atom is 0.320 e. The molecule has 9 heteroatoms. The summed E-state index contributed by atoms with van der Waals surface area (Å²) in [5.41, 5.74) is 6.38. The number of primary amides is 1. The number of hydrogen-bond donors (Lipinski definition) is 5. The van der Waals surface area contributed by atoms with Gasteiger partial charge in [-0.15, -0.1) is 0 Å². The Morgan fingerprint density at radius 1 is 1.29 bits per heavy atom. The molecule has 0 atom stereocenters. The summed E-state index contributed by atoms with van der Waals surface area (Å²) >= 11 is 0. The molecule has 6 N–H and O–H groups in total. The zero-order valence-corrected chi connectivity index (χ0v) is 15.7. The quantitative estimate of drug-likeness (QED) is 0.493. The largest absolute Gasteiger partial charge is 0.370 e. The Labute approximate surface area is 162 Å². The number of nitrogens with zero attached hydrogens (tertiary/aromatic N) is 1. The third kappa shape index (κ3) is 4.48. The molecule has 1 saturated carbocycles. The highest BCUT2D eigenvalue weighted by molar-refractivity contribution is 5.97. The summed E-state index contributed by atoms with van der Waals surface area (Å²) in [6.07, 6.45) is 4.46. The number of carbonyl (C=O) groups excluding carboxylic acids is 3. The van der Waals surface area contributed by atoms with Crippen LogP contribution in [0, 0.1) is 6.92 Å². The molecule has 3 rings (SSSR count). The third-order valence-corrected chi connectivity index (χ3v) is 4.76. The normalized spacial score (nSPS) is 14.6. The number of urea groups is 1. The smallest absolute Gasteiger partial charge is 0.320 e. The van der Waals surface area contributed by atoms with Gasteiger partial charge in [0, 0.05) is 36.1 Å². The van der Waals surface area contributed by atoms with Crippen LogP contribution < -0.4 is 21.7 Å². The molecular formula is C19H24N6O3. The fourth-order valence-corrected chi connectivity index (χ4v) is 3.13. The molecule has 1 aromatic heterocycles. The van der Waals surface area contributed by atoms with E-state index >= 15 is 0 Å². The van der Waals surface area contributed by atoms with Gasteiger partial charge in [-0.25, -0.2) is 9.78 Å². The summed E-state index contributed by atoms with van der Waals surface area (Å²) < 4.78 is 0. The molecule has 4 amide bonds. The summed E-state index contributed by atoms with van der Waals surface area (Å²) in [6, 6.07) is 6.21. The predicted octanol–water partition coefficient (Wildman–Crippen LogP) is 1.52. The van der Waals surface area contributed by atoms with Crippen molar-refractivity contribution in [2.24, 2.45) is 5.73 Å². The van der Waals surface area contributed by atoms with E-state index in [1.54, 1.807) is 30.5 Å². The van der Waals surface area contributed by atoms with E-state index in [9.17, 15) is 14.4 Å². The Balaban J connectivity index is 1.61. The van der Waals surface area contributed by atoms with Crippen LogP contribution in [-0.4, -0.2) is 34.4 Å². The monoisotopic (exact) mass is 384 g/mol. The molecule has 0 aliphatic heterocycles. The van der Waals surface area contributed by atoms with Crippen molar-refractivity contribution >= 4 is 23.5 Å². The number of aryl methyl sites for hydroxylation is 1. The molecule has 1 heterocycles. The number of hydrogen-bond acceptors (Lipinski definition) is 4. The van der Waals surface area contributed by atoms with E-state index in [0.717, 1.165) is 30.8 Å². The number of rotatable bonds is 7. The number of benzene rings is 1. The van der Waals surface area contributed by atoms with Crippen molar-refractivity contribution in [2.75, 3.05) is 11.9 Å². The van der Waals surface area contributed by atoms with E-state index < -0.39 is 11.4 Å². The first-order valence-electron chi connectivity index (χ1n) is 9.16. The molecule has 9 nitrogen and oxygen atoms in total. The van der Waals surface area contributed by atoms with Crippen LogP contribution in [0.1, 0.15) is 47.6 Å². The molecule has 28 heavy (non-hydrogen) atoms. The molecule has 0 unspecified atom stereocenters. The van der Waals surface area contributed by atoms with E-state index in [-0.39, 0.29) is 24.9 Å². The van der Waals surface area contributed by atoms with Crippen LogP contribution in [0.5, 0.6) is 0 Å². The lowest BCUT2D eigenvalue weighted by Gasteiger charge is -2.40. The Bertz CT molecular complexity index is 887. The zero-order valence-electron chi connectivity index (χ0n) is 15.7. The Kier molecular flexibility index (Phi) is 5.62. The highest BCUT2D eigenvalue weighted by Gasteiger charge is 2.42. The maximum absolute atomic E-state index is 12.5. The first kappa shape index (κ1) is 19.4. The fraction of sp³-hybridized carbons (Fsp3) is 0.368. The van der Waals surface area contributed by atoms with Crippen LogP contribution in [0.4, 0.5) is 10.5 Å². The summed E-state index contributed by atoms with van der Waals surface area (Å²) in [5.74, 6) is -0.0649. The molecule has 1 fully saturated rings. The minimum atomic E-state index is -0.484. The number of aromatic amines is 1. The summed E-state index contributed by atoms with van der Waals surface area (Å²) in [5, 5.41) is 8.38. The molecule has 0 bridgehead atoms. The van der Waals surface area contributed by atoms with Crippen molar-refractivity contribution < 1.29 is 14.4 Å². The Morgan fingerprint density at radius 3 is 2.68 bits per heavy atom. The van der Waals surface area contributed by atoms with Gasteiger partial charge in [-0.3, -0.25) is 9.59 Å². The van der Waals surface area contributed by atoms with E-state index in [1.807, 2.05) is 6.92 Å². The molecule has 0 radical (unpaired) electrons. The van der Waals surface area contributed by atoms with Gasteiger partial charge in [-0.1, -0.05) is 6.07 Å². The minimum absolute atomic E-state index is 0.0699. The second kappa shape index (κ2) is 8.12. The van der Waals surface area contributed by atoms with Gasteiger partial charge in [0.25, 0.3) is 5.91 Å². The van der Waals surface area contributed by atoms with Gasteiger partial charge in [-0.2, -0.15) is 0 Å². The van der Waals surface area contributed by atoms with E-state index in [2.05, 4.69) is 25.9 Å². The van der Waals surface area contributed by atoms with Gasteiger partial charge in [-0.05, 0) is 44.4 Å². The van der Waals surface area contributed by atoms with Gasteiger partial charge in [0.15, 0.2) is 0 Å². The number of anilines is 1. The van der Waals surface area contributed by atoms with Crippen LogP contribution in [-0.2, 0) is 10.3 Å². The second-order valence-electron chi connectivity index (χ2n) is 6.98. The number of aromatic nitrogens is 2. The summed E-state index contributed by atoms with van der Waals surface area (Å²) in [7, 11) is 0. The van der Waals surface area contributed by atoms with E-state index in [0.29, 0.717) is 11.3 Å². The number of imidazole rings is 1. The first-order chi connectivity index (χ1) is 13.4. The highest BCUT2D eigenvalue weighted by atomic mass is 16.2. The standard InChI is InChI=1S/C19H24N6O3/c1-12-11-22-17(23-12)19(7-3-8-19)25-18(28)24-14-5-2-4-13(10-14)16(27)21-9-6-15(20)26/h2,4-5,10-11H,3,6-9H2,1H3,(H2,20,26)(H,21,27)(H,22,23)(H2,24,25,28). The van der Waals surface area contributed by atoms with Crippen molar-refractivity contribution in [3.05, 3.63) is 47.5 Å². The number of H-pyrrole nitrogens is 1. The second-order valence-corrected chi connectivity index (χ2v) is 6.98. The van der Waals surface area contributed by atoms with Crippen molar-refractivity contribution in [3.8, 4) is 0 Å². The van der Waals surface area contributed by atoms with E-state index in [1.165, 1.54) is 0 Å². The van der Waals surface area contributed by atoms with Crippen LogP contribution in [0.2, 0.25) is 0 Å². The number of amides is 4. The van der Waals surface area contributed by atoms with Crippen molar-refractivity contribution in [1.29, 1.82) is 0 Å². The SMILES string of the molecule is Cc1cnc(C2(NC(=O)Nc3cccc(C(=O)NCCC(N)=O)c3)CCC2)[nH]1. The predicted molar refractivity (Wildman–Crippen MR) is 104 cm³/mol. The van der Waals surface area contributed by atoms with Crippen molar-refractivity contribution in [1.82, 2.24) is 20.6 Å². The van der Waals surface area contributed by atoms with Gasteiger partial charge in [0.2, 0.25) is 5.91 Å². The van der Waals surface area contributed by atoms with Gasteiger partial charge in [0.1, 0.15) is 5.82 Å². The lowest BCUT2D eigenvalue weighted by atomic mass is 9.76. The van der Waals surface area contributed by atoms with Crippen molar-refractivity contribution in [2.45, 2.75) is 38.1 Å². The third-order valence-electron chi connectivity index (χ3n) is 4.76. The maximum atomic E-state index is 12.5. The molecule has 1 aliphatic carbocycles. The summed E-state index contributed by atoms with van der Waals surface area (Å²) in [6.45, 7) is 2.08. The van der Waals surface area contributed by atoms with Crippen LogP contribution in [0.25, 0.3) is 0 Å². The molecule has 2 aromatic rings. The molecule has 148 valence electrons. The zero-order chi connectivity index (χ0) is 20.1. The fourth-order valence-electron chi connectivity index (χ4n) is 3.13. The van der Waals surface area contributed by atoms with Gasteiger partial charge in [0.05, 0.1) is 5.54 Å². The topological polar surface area (TPSA) is 142 Å². The molecule has 0 spiro atoms. The summed E-state index contributed by atoms with van der Waals surface area (Å²) in [4.78, 5) is 43.0. The molecule has 0 saturated heterocycles. The van der Waals surface area contributed by atoms with Gasteiger partial charge < -0.3 is 26.7 Å². The number of nitrogens with two attached hydrogens (primary N) is 1.